The van der Waals surface area contributed by atoms with Gasteiger partial charge in [0.2, 0.25) is 0 Å². The van der Waals surface area contributed by atoms with Gasteiger partial charge < -0.3 is 10.1 Å². The zero-order valence-electron chi connectivity index (χ0n) is 12.1. The summed E-state index contributed by atoms with van der Waals surface area (Å²) in [4.78, 5) is 14.0. The van der Waals surface area contributed by atoms with Gasteiger partial charge in [0.15, 0.2) is 0 Å². The van der Waals surface area contributed by atoms with Gasteiger partial charge in [0.1, 0.15) is 0 Å². The lowest BCUT2D eigenvalue weighted by Crippen LogP contribution is -2.54. The van der Waals surface area contributed by atoms with E-state index in [0.717, 1.165) is 6.54 Å². The van der Waals surface area contributed by atoms with Gasteiger partial charge in [0.25, 0.3) is 6.43 Å². The lowest BCUT2D eigenvalue weighted by molar-refractivity contribution is -0.148. The molecule has 3 atom stereocenters. The quantitative estimate of drug-likeness (QED) is 0.753. The highest BCUT2D eigenvalue weighted by Gasteiger charge is 2.38. The van der Waals surface area contributed by atoms with Gasteiger partial charge in [0.05, 0.1) is 19.6 Å². The number of carbonyl (C=O) groups excluding carboxylic acids is 1. The van der Waals surface area contributed by atoms with E-state index in [4.69, 9.17) is 4.74 Å². The number of esters is 1. The number of methoxy groups -OCH3 is 1. The number of ether oxygens (including phenoxy) is 1. The van der Waals surface area contributed by atoms with E-state index in [-0.39, 0.29) is 24.5 Å². The number of nitrogens with zero attached hydrogens (tertiary/aromatic N) is 1. The average Bonchev–Trinajstić information content (AvgIpc) is 3.27. The molecule has 0 amide bonds. The fourth-order valence-corrected chi connectivity index (χ4v) is 3.08. The molecule has 0 aromatic heterocycles. The third-order valence-electron chi connectivity index (χ3n) is 4.45. The molecule has 116 valence electrons. The molecule has 3 unspecified atom stereocenters. The Hall–Kier alpha value is -0.750. The summed E-state index contributed by atoms with van der Waals surface area (Å²) in [5, 5.41) is 2.87. The number of carbonyl (C=O) groups is 1. The summed E-state index contributed by atoms with van der Waals surface area (Å²) in [7, 11) is 1.38. The summed E-state index contributed by atoms with van der Waals surface area (Å²) in [6.07, 6.45) is 0.682. The number of halogens is 2. The third-order valence-corrected chi connectivity index (χ3v) is 4.45. The molecule has 0 aromatic carbocycles. The molecule has 1 heterocycles. The summed E-state index contributed by atoms with van der Waals surface area (Å²) in [6.45, 7) is 3.26. The molecule has 0 aromatic rings. The van der Waals surface area contributed by atoms with E-state index in [2.05, 4.69) is 17.1 Å². The third kappa shape index (κ3) is 4.12. The van der Waals surface area contributed by atoms with Crippen LogP contribution < -0.4 is 5.32 Å². The van der Waals surface area contributed by atoms with Crippen LogP contribution in [0.25, 0.3) is 0 Å². The predicted octanol–water partition coefficient (Wildman–Crippen LogP) is 1.50. The van der Waals surface area contributed by atoms with Crippen LogP contribution in [0.5, 0.6) is 0 Å². The van der Waals surface area contributed by atoms with Crippen LogP contribution in [0.4, 0.5) is 8.78 Å². The van der Waals surface area contributed by atoms with E-state index in [0.29, 0.717) is 24.9 Å². The minimum absolute atomic E-state index is 0.0666. The van der Waals surface area contributed by atoms with Crippen molar-refractivity contribution >= 4 is 5.97 Å². The van der Waals surface area contributed by atoms with E-state index in [1.807, 2.05) is 0 Å². The predicted molar refractivity (Wildman–Crippen MR) is 71.7 cm³/mol. The van der Waals surface area contributed by atoms with Crippen molar-refractivity contribution in [3.05, 3.63) is 0 Å². The molecular weight excluding hydrogens is 266 g/mol. The molecule has 1 aliphatic carbocycles. The lowest BCUT2D eigenvalue weighted by atomic mass is 9.92. The van der Waals surface area contributed by atoms with E-state index >= 15 is 0 Å². The van der Waals surface area contributed by atoms with Gasteiger partial charge in [-0.25, -0.2) is 8.78 Å². The minimum Gasteiger partial charge on any atom is -0.469 e. The molecule has 0 spiro atoms. The number of rotatable bonds is 6. The molecule has 0 radical (unpaired) electrons. The monoisotopic (exact) mass is 290 g/mol. The molecule has 4 nitrogen and oxygen atoms in total. The molecule has 1 saturated heterocycles. The van der Waals surface area contributed by atoms with Gasteiger partial charge in [-0.05, 0) is 32.1 Å². The molecule has 20 heavy (non-hydrogen) atoms. The van der Waals surface area contributed by atoms with Crippen LogP contribution in [0.2, 0.25) is 0 Å². The van der Waals surface area contributed by atoms with Gasteiger partial charge >= 0.3 is 5.97 Å². The van der Waals surface area contributed by atoms with Gasteiger partial charge in [0, 0.05) is 25.2 Å². The molecule has 1 saturated carbocycles. The molecular formula is C14H24F2N2O2. The van der Waals surface area contributed by atoms with Gasteiger partial charge in [-0.1, -0.05) is 0 Å². The van der Waals surface area contributed by atoms with Crippen molar-refractivity contribution in [3.8, 4) is 0 Å². The first-order chi connectivity index (χ1) is 9.51. The zero-order valence-corrected chi connectivity index (χ0v) is 12.1. The Bertz CT molecular complexity index is 337. The SMILES string of the molecule is COC(=O)C1CC(NCC(F)F)CN(C(C)C2CC2)C1. The number of piperidine rings is 1. The number of hydrogen-bond donors (Lipinski definition) is 1. The number of hydrogen-bond acceptors (Lipinski definition) is 4. The number of alkyl halides is 2. The summed E-state index contributed by atoms with van der Waals surface area (Å²) < 4.78 is 29.5. The minimum atomic E-state index is -2.36. The maximum absolute atomic E-state index is 12.3. The summed E-state index contributed by atoms with van der Waals surface area (Å²) in [5.74, 6) is 0.244. The van der Waals surface area contributed by atoms with Gasteiger partial charge in [-0.2, -0.15) is 0 Å². The highest BCUT2D eigenvalue weighted by Crippen LogP contribution is 2.36. The first-order valence-electron chi connectivity index (χ1n) is 7.34. The summed E-state index contributed by atoms with van der Waals surface area (Å²) >= 11 is 0. The van der Waals surface area contributed by atoms with E-state index < -0.39 is 6.43 Å². The highest BCUT2D eigenvalue weighted by atomic mass is 19.3. The fraction of sp³-hybridized carbons (Fsp3) is 0.929. The Kier molecular flexibility index (Phi) is 5.32. The van der Waals surface area contributed by atoms with Crippen LogP contribution in [-0.2, 0) is 9.53 Å². The molecule has 2 rings (SSSR count). The Morgan fingerprint density at radius 1 is 1.40 bits per heavy atom. The second-order valence-electron chi connectivity index (χ2n) is 5.98. The molecule has 6 heteroatoms. The van der Waals surface area contributed by atoms with Crippen molar-refractivity contribution in [2.75, 3.05) is 26.7 Å². The summed E-state index contributed by atoms with van der Waals surface area (Å²) in [5.41, 5.74) is 0. The molecule has 2 fully saturated rings. The Morgan fingerprint density at radius 3 is 2.65 bits per heavy atom. The van der Waals surface area contributed by atoms with Crippen LogP contribution in [0.3, 0.4) is 0 Å². The van der Waals surface area contributed by atoms with Crippen LogP contribution >= 0.6 is 0 Å². The van der Waals surface area contributed by atoms with Crippen molar-refractivity contribution in [2.45, 2.75) is 44.7 Å². The number of likely N-dealkylation sites (tertiary alicyclic amines) is 1. The van der Waals surface area contributed by atoms with Crippen LogP contribution in [-0.4, -0.2) is 56.1 Å². The van der Waals surface area contributed by atoms with Crippen molar-refractivity contribution < 1.29 is 18.3 Å². The standard InChI is InChI=1S/C14H24F2N2O2/c1-9(10-3-4-10)18-7-11(14(19)20-2)5-12(8-18)17-6-13(15)16/h9-13,17H,3-8H2,1-2H3. The maximum atomic E-state index is 12.3. The van der Waals surface area contributed by atoms with Crippen LogP contribution in [0.15, 0.2) is 0 Å². The van der Waals surface area contributed by atoms with Crippen molar-refractivity contribution in [1.82, 2.24) is 10.2 Å². The summed E-state index contributed by atoms with van der Waals surface area (Å²) in [6, 6.07) is 0.348. The Morgan fingerprint density at radius 2 is 2.10 bits per heavy atom. The Balaban J connectivity index is 1.95. The topological polar surface area (TPSA) is 41.6 Å². The molecule has 1 aliphatic heterocycles. The van der Waals surface area contributed by atoms with Gasteiger partial charge in [-0.3, -0.25) is 9.69 Å². The van der Waals surface area contributed by atoms with Crippen molar-refractivity contribution in [1.29, 1.82) is 0 Å². The smallest absolute Gasteiger partial charge is 0.310 e. The van der Waals surface area contributed by atoms with Crippen molar-refractivity contribution in [3.63, 3.8) is 0 Å². The molecule has 0 bridgehead atoms. The molecule has 1 N–H and O–H groups in total. The average molecular weight is 290 g/mol. The van der Waals surface area contributed by atoms with Crippen LogP contribution in [0.1, 0.15) is 26.2 Å². The Labute approximate surface area is 118 Å². The highest BCUT2D eigenvalue weighted by molar-refractivity contribution is 5.72. The first kappa shape index (κ1) is 15.6. The van der Waals surface area contributed by atoms with E-state index in [1.165, 1.54) is 20.0 Å². The lowest BCUT2D eigenvalue weighted by Gasteiger charge is -2.40. The van der Waals surface area contributed by atoms with Crippen molar-refractivity contribution in [2.24, 2.45) is 11.8 Å². The molecule has 2 aliphatic rings. The second-order valence-corrected chi connectivity index (χ2v) is 5.98. The first-order valence-corrected chi connectivity index (χ1v) is 7.34. The number of nitrogens with one attached hydrogen (secondary N) is 1. The maximum Gasteiger partial charge on any atom is 0.310 e. The van der Waals surface area contributed by atoms with Gasteiger partial charge in [-0.15, -0.1) is 0 Å². The fourth-order valence-electron chi connectivity index (χ4n) is 3.08. The second kappa shape index (κ2) is 6.80. The van der Waals surface area contributed by atoms with Crippen LogP contribution in [0, 0.1) is 11.8 Å². The normalized spacial score (nSPS) is 29.4. The largest absolute Gasteiger partial charge is 0.469 e. The van der Waals surface area contributed by atoms with E-state index in [1.54, 1.807) is 0 Å². The zero-order chi connectivity index (χ0) is 14.7. The van der Waals surface area contributed by atoms with E-state index in [9.17, 15) is 13.6 Å².